The maximum absolute atomic E-state index is 5.65. The van der Waals surface area contributed by atoms with Gasteiger partial charge < -0.3 is 14.8 Å². The molecule has 3 rings (SSSR count). The summed E-state index contributed by atoms with van der Waals surface area (Å²) in [5.74, 6) is 1.59. The van der Waals surface area contributed by atoms with Gasteiger partial charge in [-0.25, -0.2) is 0 Å². The molecule has 6 heteroatoms. The van der Waals surface area contributed by atoms with Crippen molar-refractivity contribution in [3.05, 3.63) is 34.1 Å². The highest BCUT2D eigenvalue weighted by molar-refractivity contribution is 9.10. The number of halogens is 1. The van der Waals surface area contributed by atoms with E-state index in [0.29, 0.717) is 19.8 Å². The van der Waals surface area contributed by atoms with Gasteiger partial charge in [0.1, 0.15) is 13.2 Å². The van der Waals surface area contributed by atoms with Gasteiger partial charge in [-0.05, 0) is 40.0 Å². The zero-order chi connectivity index (χ0) is 14.8. The molecule has 1 N–H and O–H groups in total. The molecule has 1 aliphatic rings. The van der Waals surface area contributed by atoms with Crippen molar-refractivity contribution in [3.8, 4) is 11.5 Å². The molecule has 0 aliphatic carbocycles. The van der Waals surface area contributed by atoms with Crippen LogP contribution in [0.15, 0.2) is 22.8 Å². The maximum Gasteiger partial charge on any atom is 0.175 e. The molecule has 0 radical (unpaired) electrons. The van der Waals surface area contributed by atoms with Gasteiger partial charge in [-0.1, -0.05) is 6.92 Å². The summed E-state index contributed by atoms with van der Waals surface area (Å²) in [4.78, 5) is 0. The van der Waals surface area contributed by atoms with Crippen LogP contribution in [0.25, 0.3) is 0 Å². The third-order valence-corrected chi connectivity index (χ3v) is 3.97. The highest BCUT2D eigenvalue weighted by Gasteiger charge is 2.16. The Labute approximate surface area is 132 Å². The van der Waals surface area contributed by atoms with Crippen molar-refractivity contribution in [3.63, 3.8) is 0 Å². The van der Waals surface area contributed by atoms with Crippen LogP contribution in [0, 0.1) is 0 Å². The largest absolute Gasteiger partial charge is 0.486 e. The predicted molar refractivity (Wildman–Crippen MR) is 85.0 cm³/mol. The molecule has 2 aromatic rings. The van der Waals surface area contributed by atoms with Gasteiger partial charge in [-0.3, -0.25) is 4.68 Å². The lowest BCUT2D eigenvalue weighted by Gasteiger charge is -2.20. The monoisotopic (exact) mass is 351 g/mol. The number of ether oxygens (including phenoxy) is 2. The lowest BCUT2D eigenvalue weighted by molar-refractivity contribution is 0.170. The molecule has 0 amide bonds. The average Bonchev–Trinajstić information content (AvgIpc) is 2.85. The first-order chi connectivity index (χ1) is 10.2. The highest BCUT2D eigenvalue weighted by Crippen LogP contribution is 2.38. The second-order valence-electron chi connectivity index (χ2n) is 4.97. The number of anilines is 1. The van der Waals surface area contributed by atoms with E-state index in [1.807, 2.05) is 24.0 Å². The number of hydrogen-bond donors (Lipinski definition) is 1. The molecule has 1 aliphatic heterocycles. The molecule has 0 bridgehead atoms. The normalized spacial score (nSPS) is 13.3. The molecule has 0 fully saturated rings. The van der Waals surface area contributed by atoms with Crippen LogP contribution in [-0.4, -0.2) is 23.0 Å². The van der Waals surface area contributed by atoms with E-state index in [2.05, 4.69) is 39.3 Å². The third kappa shape index (κ3) is 3.00. The van der Waals surface area contributed by atoms with Gasteiger partial charge in [0.15, 0.2) is 11.5 Å². The van der Waals surface area contributed by atoms with Gasteiger partial charge in [-0.2, -0.15) is 5.10 Å². The van der Waals surface area contributed by atoms with Crippen LogP contribution in [0.3, 0.4) is 0 Å². The molecule has 5 nitrogen and oxygen atoms in total. The van der Waals surface area contributed by atoms with E-state index < -0.39 is 0 Å². The summed E-state index contributed by atoms with van der Waals surface area (Å²) >= 11 is 3.54. The molecule has 21 heavy (non-hydrogen) atoms. The fourth-order valence-corrected chi connectivity index (χ4v) is 3.01. The van der Waals surface area contributed by atoms with Crippen LogP contribution in [0.4, 0.5) is 5.69 Å². The van der Waals surface area contributed by atoms with Crippen LogP contribution in [-0.2, 0) is 20.0 Å². The van der Waals surface area contributed by atoms with Crippen molar-refractivity contribution in [1.29, 1.82) is 0 Å². The van der Waals surface area contributed by atoms with Gasteiger partial charge in [-0.15, -0.1) is 0 Å². The zero-order valence-corrected chi connectivity index (χ0v) is 13.7. The Balaban J connectivity index is 1.77. The zero-order valence-electron chi connectivity index (χ0n) is 12.1. The van der Waals surface area contributed by atoms with Crippen LogP contribution >= 0.6 is 15.9 Å². The lowest BCUT2D eigenvalue weighted by Crippen LogP contribution is -2.16. The lowest BCUT2D eigenvalue weighted by atomic mass is 10.2. The molecule has 112 valence electrons. The van der Waals surface area contributed by atoms with Crippen molar-refractivity contribution in [2.24, 2.45) is 7.05 Å². The van der Waals surface area contributed by atoms with Gasteiger partial charge >= 0.3 is 0 Å². The summed E-state index contributed by atoms with van der Waals surface area (Å²) in [5.41, 5.74) is 3.29. The van der Waals surface area contributed by atoms with Crippen LogP contribution in [0.5, 0.6) is 11.5 Å². The molecule has 1 aromatic heterocycles. The number of aromatic nitrogens is 2. The van der Waals surface area contributed by atoms with Crippen LogP contribution in [0.2, 0.25) is 0 Å². The number of fused-ring (bicyclic) bond motifs is 1. The quantitative estimate of drug-likeness (QED) is 0.919. The summed E-state index contributed by atoms with van der Waals surface area (Å²) in [6.07, 6.45) is 2.92. The standard InChI is InChI=1S/C15H18BrN3O2/c1-3-12-13(9-19(2)18-12)17-8-10-6-11(16)15-14(7-10)20-4-5-21-15/h6-7,9,17H,3-5,8H2,1-2H3. The molecule has 2 heterocycles. The Morgan fingerprint density at radius 2 is 2.14 bits per heavy atom. The van der Waals surface area contributed by atoms with E-state index in [1.165, 1.54) is 0 Å². The topological polar surface area (TPSA) is 48.3 Å². The minimum Gasteiger partial charge on any atom is -0.486 e. The molecular weight excluding hydrogens is 334 g/mol. The maximum atomic E-state index is 5.65. The summed E-state index contributed by atoms with van der Waals surface area (Å²) < 4.78 is 14.0. The second-order valence-corrected chi connectivity index (χ2v) is 5.83. The Hall–Kier alpha value is -1.69. The summed E-state index contributed by atoms with van der Waals surface area (Å²) in [5, 5.41) is 7.86. The van der Waals surface area contributed by atoms with Crippen LogP contribution < -0.4 is 14.8 Å². The van der Waals surface area contributed by atoms with Crippen molar-refractivity contribution in [1.82, 2.24) is 9.78 Å². The summed E-state index contributed by atoms with van der Waals surface area (Å²) in [6.45, 7) is 4.01. The highest BCUT2D eigenvalue weighted by atomic mass is 79.9. The van der Waals surface area contributed by atoms with Gasteiger partial charge in [0.2, 0.25) is 0 Å². The molecule has 1 aromatic carbocycles. The molecule has 0 unspecified atom stereocenters. The van der Waals surface area contributed by atoms with Crippen molar-refractivity contribution in [2.75, 3.05) is 18.5 Å². The molecule has 0 atom stereocenters. The van der Waals surface area contributed by atoms with E-state index in [-0.39, 0.29) is 0 Å². The number of benzene rings is 1. The first-order valence-corrected chi connectivity index (χ1v) is 7.81. The Bertz CT molecular complexity index is 655. The fourth-order valence-electron chi connectivity index (χ4n) is 2.41. The number of rotatable bonds is 4. The number of hydrogen-bond acceptors (Lipinski definition) is 4. The number of nitrogens with one attached hydrogen (secondary N) is 1. The fraction of sp³-hybridized carbons (Fsp3) is 0.400. The second kappa shape index (κ2) is 5.97. The molecule has 0 saturated carbocycles. The molecule has 0 spiro atoms. The Morgan fingerprint density at radius 3 is 2.95 bits per heavy atom. The Kier molecular flexibility index (Phi) is 4.05. The van der Waals surface area contributed by atoms with E-state index in [9.17, 15) is 0 Å². The average molecular weight is 352 g/mol. The SMILES string of the molecule is CCc1nn(C)cc1NCc1cc(Br)c2c(c1)OCCO2. The predicted octanol–water partition coefficient (Wildman–Crippen LogP) is 3.13. The van der Waals surface area contributed by atoms with E-state index in [4.69, 9.17) is 9.47 Å². The van der Waals surface area contributed by atoms with Crippen molar-refractivity contribution in [2.45, 2.75) is 19.9 Å². The van der Waals surface area contributed by atoms with Gasteiger partial charge in [0, 0.05) is 19.8 Å². The van der Waals surface area contributed by atoms with E-state index >= 15 is 0 Å². The summed E-state index contributed by atoms with van der Waals surface area (Å²) in [6, 6.07) is 4.08. The number of aryl methyl sites for hydroxylation is 2. The van der Waals surface area contributed by atoms with Crippen molar-refractivity contribution < 1.29 is 9.47 Å². The van der Waals surface area contributed by atoms with Gasteiger partial charge in [0.05, 0.1) is 15.9 Å². The van der Waals surface area contributed by atoms with E-state index in [1.54, 1.807) is 0 Å². The van der Waals surface area contributed by atoms with Gasteiger partial charge in [0.25, 0.3) is 0 Å². The molecule has 0 saturated heterocycles. The minimum absolute atomic E-state index is 0.596. The molecular formula is C15H18BrN3O2. The summed E-state index contributed by atoms with van der Waals surface area (Å²) in [7, 11) is 1.94. The minimum atomic E-state index is 0.596. The smallest absolute Gasteiger partial charge is 0.175 e. The van der Waals surface area contributed by atoms with E-state index in [0.717, 1.165) is 39.3 Å². The first kappa shape index (κ1) is 14.3. The number of nitrogens with zero attached hydrogens (tertiary/aromatic N) is 2. The third-order valence-electron chi connectivity index (χ3n) is 3.38. The Morgan fingerprint density at radius 1 is 1.33 bits per heavy atom. The van der Waals surface area contributed by atoms with Crippen molar-refractivity contribution >= 4 is 21.6 Å². The first-order valence-electron chi connectivity index (χ1n) is 7.01. The van der Waals surface area contributed by atoms with Crippen LogP contribution in [0.1, 0.15) is 18.2 Å².